The lowest BCUT2D eigenvalue weighted by Crippen LogP contribution is -2.48. The van der Waals surface area contributed by atoms with Gasteiger partial charge in [-0.15, -0.1) is 0 Å². The third kappa shape index (κ3) is 2.92. The van der Waals surface area contributed by atoms with Crippen molar-refractivity contribution in [2.75, 3.05) is 45.8 Å². The Morgan fingerprint density at radius 1 is 1.33 bits per heavy atom. The zero-order valence-corrected chi connectivity index (χ0v) is 9.54. The van der Waals surface area contributed by atoms with Crippen molar-refractivity contribution in [3.8, 4) is 0 Å². The summed E-state index contributed by atoms with van der Waals surface area (Å²) in [6.45, 7) is 8.82. The normalized spacial score (nSPS) is 28.3. The van der Waals surface area contributed by atoms with E-state index in [4.69, 9.17) is 0 Å². The summed E-state index contributed by atoms with van der Waals surface area (Å²) in [5.74, 6) is 1.01. The van der Waals surface area contributed by atoms with Gasteiger partial charge in [0, 0.05) is 39.3 Å². The lowest BCUT2D eigenvalue weighted by Gasteiger charge is -2.28. The summed E-state index contributed by atoms with van der Waals surface area (Å²) in [6, 6.07) is 0. The summed E-state index contributed by atoms with van der Waals surface area (Å²) in [5.41, 5.74) is 0. The maximum Gasteiger partial charge on any atom is 0.236 e. The zero-order valence-electron chi connectivity index (χ0n) is 9.54. The van der Waals surface area contributed by atoms with Crippen molar-refractivity contribution >= 4 is 5.91 Å². The molecule has 1 amide bonds. The summed E-state index contributed by atoms with van der Waals surface area (Å²) in [7, 11) is 0. The molecule has 1 atom stereocenters. The molecule has 0 aromatic carbocycles. The van der Waals surface area contributed by atoms with E-state index >= 15 is 0 Å². The molecule has 4 heteroatoms. The van der Waals surface area contributed by atoms with Gasteiger partial charge in [-0.3, -0.25) is 9.69 Å². The Kier molecular flexibility index (Phi) is 3.59. The van der Waals surface area contributed by atoms with Gasteiger partial charge < -0.3 is 10.2 Å². The number of piperazine rings is 1. The fourth-order valence-electron chi connectivity index (χ4n) is 2.32. The maximum absolute atomic E-state index is 11.9. The highest BCUT2D eigenvalue weighted by Gasteiger charge is 2.24. The number of hydrogen-bond donors (Lipinski definition) is 1. The second-order valence-electron chi connectivity index (χ2n) is 4.76. The molecule has 0 spiro atoms. The van der Waals surface area contributed by atoms with Gasteiger partial charge >= 0.3 is 0 Å². The number of rotatable bonds is 2. The fraction of sp³-hybridized carbons (Fsp3) is 0.909. The van der Waals surface area contributed by atoms with E-state index in [1.54, 1.807) is 0 Å². The lowest BCUT2D eigenvalue weighted by atomic mass is 10.2. The number of nitrogens with zero attached hydrogens (tertiary/aromatic N) is 2. The molecule has 0 bridgehead atoms. The van der Waals surface area contributed by atoms with Crippen LogP contribution in [-0.4, -0.2) is 61.5 Å². The van der Waals surface area contributed by atoms with E-state index in [2.05, 4.69) is 17.1 Å². The van der Waals surface area contributed by atoms with Crippen LogP contribution < -0.4 is 5.32 Å². The second-order valence-corrected chi connectivity index (χ2v) is 4.76. The van der Waals surface area contributed by atoms with Gasteiger partial charge in [-0.25, -0.2) is 0 Å². The minimum Gasteiger partial charge on any atom is -0.341 e. The molecule has 4 nitrogen and oxygen atoms in total. The van der Waals surface area contributed by atoms with Gasteiger partial charge in [0.2, 0.25) is 5.91 Å². The van der Waals surface area contributed by atoms with Crippen LogP contribution >= 0.6 is 0 Å². The summed E-state index contributed by atoms with van der Waals surface area (Å²) in [4.78, 5) is 16.2. The van der Waals surface area contributed by atoms with E-state index in [9.17, 15) is 4.79 Å². The number of carbonyl (C=O) groups is 1. The Balaban J connectivity index is 1.76. The van der Waals surface area contributed by atoms with E-state index < -0.39 is 0 Å². The van der Waals surface area contributed by atoms with E-state index in [1.807, 2.05) is 4.90 Å². The van der Waals surface area contributed by atoms with Crippen LogP contribution in [0.2, 0.25) is 0 Å². The fourth-order valence-corrected chi connectivity index (χ4v) is 2.32. The third-order valence-corrected chi connectivity index (χ3v) is 3.35. The third-order valence-electron chi connectivity index (χ3n) is 3.35. The first-order valence-corrected chi connectivity index (χ1v) is 5.96. The predicted molar refractivity (Wildman–Crippen MR) is 59.7 cm³/mol. The van der Waals surface area contributed by atoms with Crippen LogP contribution in [0, 0.1) is 5.92 Å². The minimum absolute atomic E-state index is 0.321. The Morgan fingerprint density at radius 3 is 2.67 bits per heavy atom. The monoisotopic (exact) mass is 211 g/mol. The molecule has 0 saturated carbocycles. The van der Waals surface area contributed by atoms with Crippen molar-refractivity contribution in [2.45, 2.75) is 13.3 Å². The Hall–Kier alpha value is -0.610. The summed E-state index contributed by atoms with van der Waals surface area (Å²) >= 11 is 0. The van der Waals surface area contributed by atoms with Gasteiger partial charge in [0.05, 0.1) is 6.54 Å². The van der Waals surface area contributed by atoms with Crippen molar-refractivity contribution in [2.24, 2.45) is 5.92 Å². The molecular formula is C11H21N3O. The average Bonchev–Trinajstić information content (AvgIpc) is 2.66. The molecule has 15 heavy (non-hydrogen) atoms. The number of hydrogen-bond acceptors (Lipinski definition) is 3. The number of likely N-dealkylation sites (tertiary alicyclic amines) is 1. The molecule has 0 radical (unpaired) electrons. The van der Waals surface area contributed by atoms with Crippen molar-refractivity contribution in [3.05, 3.63) is 0 Å². The molecule has 1 N–H and O–H groups in total. The standard InChI is InChI=1S/C11H21N3O/c1-10-2-5-14(8-10)11(15)9-13-6-3-12-4-7-13/h10,12H,2-9H2,1H3. The van der Waals surface area contributed by atoms with E-state index in [0.29, 0.717) is 18.4 Å². The SMILES string of the molecule is CC1CCN(C(=O)CN2CCNCC2)C1. The van der Waals surface area contributed by atoms with E-state index in [1.165, 1.54) is 6.42 Å². The van der Waals surface area contributed by atoms with Crippen molar-refractivity contribution < 1.29 is 4.79 Å². The number of carbonyl (C=O) groups excluding carboxylic acids is 1. The zero-order chi connectivity index (χ0) is 10.7. The Labute approximate surface area is 91.6 Å². The summed E-state index contributed by atoms with van der Waals surface area (Å²) in [6.07, 6.45) is 1.17. The average molecular weight is 211 g/mol. The quantitative estimate of drug-likeness (QED) is 0.685. The van der Waals surface area contributed by atoms with Crippen LogP contribution in [0.15, 0.2) is 0 Å². The highest BCUT2D eigenvalue weighted by Crippen LogP contribution is 2.15. The molecule has 2 aliphatic heterocycles. The summed E-state index contributed by atoms with van der Waals surface area (Å²) in [5, 5.41) is 3.30. The van der Waals surface area contributed by atoms with Crippen LogP contribution in [0.25, 0.3) is 0 Å². The molecule has 86 valence electrons. The highest BCUT2D eigenvalue weighted by atomic mass is 16.2. The Morgan fingerprint density at radius 2 is 2.07 bits per heavy atom. The topological polar surface area (TPSA) is 35.6 Å². The number of nitrogens with one attached hydrogen (secondary N) is 1. The van der Waals surface area contributed by atoms with Crippen molar-refractivity contribution in [3.63, 3.8) is 0 Å². The van der Waals surface area contributed by atoms with Gasteiger partial charge in [0.1, 0.15) is 0 Å². The van der Waals surface area contributed by atoms with E-state index in [0.717, 1.165) is 39.3 Å². The molecule has 2 aliphatic rings. The first-order chi connectivity index (χ1) is 7.25. The van der Waals surface area contributed by atoms with Crippen molar-refractivity contribution in [1.29, 1.82) is 0 Å². The van der Waals surface area contributed by atoms with Crippen LogP contribution in [0.5, 0.6) is 0 Å². The molecular weight excluding hydrogens is 190 g/mol. The maximum atomic E-state index is 11.9. The molecule has 2 rings (SSSR count). The largest absolute Gasteiger partial charge is 0.341 e. The second kappa shape index (κ2) is 4.94. The first-order valence-electron chi connectivity index (χ1n) is 5.96. The first kappa shape index (κ1) is 10.9. The molecule has 0 aromatic heterocycles. The molecule has 0 aliphatic carbocycles. The number of amides is 1. The van der Waals surface area contributed by atoms with Gasteiger partial charge in [-0.05, 0) is 12.3 Å². The van der Waals surface area contributed by atoms with Crippen LogP contribution in [-0.2, 0) is 4.79 Å². The van der Waals surface area contributed by atoms with Gasteiger partial charge in [-0.2, -0.15) is 0 Å². The molecule has 2 heterocycles. The van der Waals surface area contributed by atoms with E-state index in [-0.39, 0.29) is 0 Å². The Bertz CT molecular complexity index is 226. The van der Waals surface area contributed by atoms with Crippen LogP contribution in [0.1, 0.15) is 13.3 Å². The van der Waals surface area contributed by atoms with Crippen molar-refractivity contribution in [1.82, 2.24) is 15.1 Å². The highest BCUT2D eigenvalue weighted by molar-refractivity contribution is 5.78. The minimum atomic E-state index is 0.321. The molecule has 2 saturated heterocycles. The summed E-state index contributed by atoms with van der Waals surface area (Å²) < 4.78 is 0. The van der Waals surface area contributed by atoms with Crippen LogP contribution in [0.3, 0.4) is 0 Å². The molecule has 0 aromatic rings. The van der Waals surface area contributed by atoms with Crippen LogP contribution in [0.4, 0.5) is 0 Å². The molecule has 2 fully saturated rings. The van der Waals surface area contributed by atoms with Gasteiger partial charge in [0.25, 0.3) is 0 Å². The van der Waals surface area contributed by atoms with Gasteiger partial charge in [0.15, 0.2) is 0 Å². The predicted octanol–water partition coefficient (Wildman–Crippen LogP) is -0.240. The lowest BCUT2D eigenvalue weighted by molar-refractivity contribution is -0.131. The van der Waals surface area contributed by atoms with Gasteiger partial charge in [-0.1, -0.05) is 6.92 Å². The smallest absolute Gasteiger partial charge is 0.236 e. The molecule has 1 unspecified atom stereocenters.